The summed E-state index contributed by atoms with van der Waals surface area (Å²) < 4.78 is 12.7. The van der Waals surface area contributed by atoms with Crippen LogP contribution in [0.1, 0.15) is 79.0 Å². The molecule has 1 fully saturated rings. The van der Waals surface area contributed by atoms with Gasteiger partial charge >= 0.3 is 29.6 Å². The van der Waals surface area contributed by atoms with E-state index in [4.69, 9.17) is 14.3 Å². The normalized spacial score (nSPS) is 17.1. The van der Waals surface area contributed by atoms with Crippen molar-refractivity contribution in [2.45, 2.75) is 92.1 Å². The van der Waals surface area contributed by atoms with E-state index >= 15 is 0 Å². The summed E-state index contributed by atoms with van der Waals surface area (Å²) in [6.45, 7) is 14.7. The van der Waals surface area contributed by atoms with Crippen LogP contribution in [-0.4, -0.2) is 100 Å². The van der Waals surface area contributed by atoms with Crippen LogP contribution in [-0.2, 0) is 28.7 Å². The number of hydrogen-bond donors (Lipinski definition) is 3. The minimum Gasteiger partial charge on any atom is -0.444 e. The maximum Gasteiger partial charge on any atom is 0.632 e. The molecule has 2 heterocycles. The predicted molar refractivity (Wildman–Crippen MR) is 160 cm³/mol. The number of quaternary nitrogens is 1. The van der Waals surface area contributed by atoms with Gasteiger partial charge in [-0.2, -0.15) is 0 Å². The van der Waals surface area contributed by atoms with Gasteiger partial charge in [0.05, 0.1) is 25.6 Å². The second kappa shape index (κ2) is 16.4. The molecule has 1 aliphatic rings. The highest BCUT2D eigenvalue weighted by atomic mass is 16.7. The fourth-order valence-corrected chi connectivity index (χ4v) is 4.68. The number of aromatic nitrogens is 2. The lowest BCUT2D eigenvalue weighted by Crippen LogP contribution is -2.56. The van der Waals surface area contributed by atoms with Crippen molar-refractivity contribution in [3.8, 4) is 0 Å². The van der Waals surface area contributed by atoms with Gasteiger partial charge in [-0.1, -0.05) is 6.42 Å². The summed E-state index contributed by atoms with van der Waals surface area (Å²) in [7, 11) is 0. The van der Waals surface area contributed by atoms with Crippen LogP contribution in [0.15, 0.2) is 15.8 Å². The third-order valence-electron chi connectivity index (χ3n) is 7.33. The van der Waals surface area contributed by atoms with Crippen molar-refractivity contribution in [1.82, 2.24) is 25.1 Å². The highest BCUT2D eigenvalue weighted by Gasteiger charge is 2.42. The van der Waals surface area contributed by atoms with Crippen LogP contribution in [0.5, 0.6) is 0 Å². The van der Waals surface area contributed by atoms with Crippen molar-refractivity contribution in [1.29, 1.82) is 0 Å². The molecule has 15 heteroatoms. The summed E-state index contributed by atoms with van der Waals surface area (Å²) in [5.41, 5.74) is -1.76. The molecule has 0 spiro atoms. The average molecular weight is 626 g/mol. The van der Waals surface area contributed by atoms with Gasteiger partial charge in [0, 0.05) is 24.8 Å². The summed E-state index contributed by atoms with van der Waals surface area (Å²) in [6, 6.07) is 0. The Morgan fingerprint density at radius 2 is 1.73 bits per heavy atom. The van der Waals surface area contributed by atoms with Gasteiger partial charge in [0.1, 0.15) is 25.2 Å². The van der Waals surface area contributed by atoms with Crippen molar-refractivity contribution in [3.05, 3.63) is 32.6 Å². The number of carbonyl (C=O) groups is 4. The molecule has 15 nitrogen and oxygen atoms in total. The molecule has 1 radical (unpaired) electrons. The highest BCUT2D eigenvalue weighted by molar-refractivity contribution is 6.35. The fourth-order valence-electron chi connectivity index (χ4n) is 4.68. The Kier molecular flexibility index (Phi) is 13.6. The Bertz CT molecular complexity index is 1260. The number of hydroxylamine groups is 3. The van der Waals surface area contributed by atoms with Crippen LogP contribution in [0, 0.1) is 6.92 Å². The van der Waals surface area contributed by atoms with Gasteiger partial charge in [-0.05, 0) is 61.3 Å². The fraction of sp³-hybridized carbons (Fsp3) is 0.724. The molecule has 2 rings (SSSR count). The summed E-state index contributed by atoms with van der Waals surface area (Å²) in [5, 5.41) is 5.20. The van der Waals surface area contributed by atoms with Crippen molar-refractivity contribution < 1.29 is 38.1 Å². The first-order valence-electron chi connectivity index (χ1n) is 15.2. The number of hydrogen-bond acceptors (Lipinski definition) is 9. The van der Waals surface area contributed by atoms with E-state index in [0.29, 0.717) is 38.9 Å². The summed E-state index contributed by atoms with van der Waals surface area (Å²) in [5.74, 6) is -1.92. The van der Waals surface area contributed by atoms with E-state index in [0.717, 1.165) is 4.57 Å². The van der Waals surface area contributed by atoms with E-state index in [1.807, 2.05) is 20.8 Å². The Morgan fingerprint density at radius 3 is 2.34 bits per heavy atom. The topological polar surface area (TPSA) is 181 Å². The standard InChI is InChI=1S/C29H48N6O9/c1-8-35(9-2,10-3)44-23(36)14-12-11-13-15-30-25(38)26(39)33-18-21(16-31-28(41)43-29(5,6)7)42-22(19-33)34-17-20(4)24(37)32-27(34)40/h17,21-22H,8-16,18-19H2,1-7H3,(H2-,30,31,32,37,38,40,41)/q+1/p+1/t21-,22-/m1/s1. The van der Waals surface area contributed by atoms with E-state index in [1.165, 1.54) is 18.0 Å². The second-order valence-electron chi connectivity index (χ2n) is 11.8. The monoisotopic (exact) mass is 625 g/mol. The number of H-pyrrole nitrogens is 1. The Balaban J connectivity index is 1.97. The number of morpholine rings is 1. The quantitative estimate of drug-likeness (QED) is 0.0951. The molecule has 44 heavy (non-hydrogen) atoms. The SMILES string of the molecule is CC[N+](CC)(CC)OC(=O)CCCCCNC(=O)C(=[O+])N1C[C@@H](CNC(=O)OC(C)(C)C)O[C@@H](n2cc(C)c(=O)[nH]c2=O)C1. The van der Waals surface area contributed by atoms with E-state index in [1.54, 1.807) is 20.8 Å². The number of carbonyl (C=O) groups excluding carboxylic acids is 4. The third-order valence-corrected chi connectivity index (χ3v) is 7.33. The number of nitrogens with zero attached hydrogens (tertiary/aromatic N) is 3. The number of alkyl carbamates (subject to hydrolysis) is 1. The number of rotatable bonds is 13. The largest absolute Gasteiger partial charge is 0.632 e. The molecule has 0 saturated carbocycles. The lowest BCUT2D eigenvalue weighted by molar-refractivity contribution is -1.09. The molecule has 0 unspecified atom stereocenters. The number of unbranched alkanes of at least 4 members (excludes halogenated alkanes) is 2. The summed E-state index contributed by atoms with van der Waals surface area (Å²) in [4.78, 5) is 83.8. The molecule has 2 atom stereocenters. The van der Waals surface area contributed by atoms with Crippen molar-refractivity contribution >= 4 is 23.9 Å². The summed E-state index contributed by atoms with van der Waals surface area (Å²) >= 11 is 0. The molecule has 1 aromatic rings. The molecule has 1 aliphatic heterocycles. The Hall–Kier alpha value is -3.72. The first-order chi connectivity index (χ1) is 20.6. The molecular weight excluding hydrogens is 576 g/mol. The third kappa shape index (κ3) is 11.1. The van der Waals surface area contributed by atoms with Gasteiger partial charge in [0.25, 0.3) is 10.4 Å². The van der Waals surface area contributed by atoms with Crippen molar-refractivity contribution in [3.63, 3.8) is 0 Å². The zero-order chi connectivity index (χ0) is 33.1. The molecule has 0 aromatic carbocycles. The van der Waals surface area contributed by atoms with E-state index < -0.39 is 47.1 Å². The first kappa shape index (κ1) is 36.5. The maximum atomic E-state index is 13.1. The lowest BCUT2D eigenvalue weighted by Gasteiger charge is -2.35. The van der Waals surface area contributed by atoms with Gasteiger partial charge < -0.3 is 20.1 Å². The number of nitrogens with one attached hydrogen (secondary N) is 3. The van der Waals surface area contributed by atoms with Crippen molar-refractivity contribution in [2.75, 3.05) is 45.8 Å². The molecule has 1 aromatic heterocycles. The second-order valence-corrected chi connectivity index (χ2v) is 11.8. The lowest BCUT2D eigenvalue weighted by atomic mass is 10.2. The van der Waals surface area contributed by atoms with Crippen LogP contribution in [0.25, 0.3) is 0 Å². The molecule has 1 saturated heterocycles. The van der Waals surface area contributed by atoms with Crippen LogP contribution in [0.3, 0.4) is 0 Å². The zero-order valence-electron chi connectivity index (χ0n) is 27.0. The highest BCUT2D eigenvalue weighted by Crippen LogP contribution is 2.19. The molecule has 3 N–H and O–H groups in total. The molecule has 247 valence electrons. The number of amides is 3. The maximum absolute atomic E-state index is 13.1. The van der Waals surface area contributed by atoms with E-state index in [9.17, 15) is 28.8 Å². The van der Waals surface area contributed by atoms with Crippen LogP contribution in [0.2, 0.25) is 0 Å². The summed E-state index contributed by atoms with van der Waals surface area (Å²) in [6.07, 6.45) is 0.877. The van der Waals surface area contributed by atoms with Gasteiger partial charge in [-0.3, -0.25) is 28.9 Å². The predicted octanol–water partition coefficient (Wildman–Crippen LogP) is 1.11. The van der Waals surface area contributed by atoms with Crippen LogP contribution >= 0.6 is 0 Å². The van der Waals surface area contributed by atoms with Gasteiger partial charge in [0.2, 0.25) is 0 Å². The Morgan fingerprint density at radius 1 is 1.07 bits per heavy atom. The zero-order valence-corrected chi connectivity index (χ0v) is 27.0. The first-order valence-corrected chi connectivity index (χ1v) is 15.2. The number of aryl methyl sites for hydroxylation is 1. The van der Waals surface area contributed by atoms with Crippen LogP contribution in [0.4, 0.5) is 4.79 Å². The van der Waals surface area contributed by atoms with Gasteiger partial charge in [-0.25, -0.2) is 14.4 Å². The minimum absolute atomic E-state index is 0.0367. The van der Waals surface area contributed by atoms with Crippen LogP contribution < -0.4 is 21.9 Å². The molecule has 0 aliphatic carbocycles. The van der Waals surface area contributed by atoms with E-state index in [2.05, 4.69) is 15.6 Å². The van der Waals surface area contributed by atoms with Crippen molar-refractivity contribution in [2.24, 2.45) is 0 Å². The molecular formula is C29H49N6O9+2. The van der Waals surface area contributed by atoms with Gasteiger partial charge in [-0.15, -0.1) is 4.65 Å². The number of ether oxygens (including phenoxy) is 2. The molecule has 0 bridgehead atoms. The smallest absolute Gasteiger partial charge is 0.444 e. The minimum atomic E-state index is -1.03. The number of aromatic amines is 1. The van der Waals surface area contributed by atoms with Gasteiger partial charge in [0.15, 0.2) is 6.23 Å². The Labute approximate surface area is 257 Å². The molecule has 3 amide bonds. The van der Waals surface area contributed by atoms with E-state index in [-0.39, 0.29) is 48.8 Å². The average Bonchev–Trinajstić information content (AvgIpc) is 2.97.